The third-order valence-electron chi connectivity index (χ3n) is 3.01. The van der Waals surface area contributed by atoms with Gasteiger partial charge in [0.05, 0.1) is 7.11 Å². The zero-order chi connectivity index (χ0) is 14.5. The fourth-order valence-corrected chi connectivity index (χ4v) is 1.98. The lowest BCUT2D eigenvalue weighted by molar-refractivity contribution is 0.414. The highest BCUT2D eigenvalue weighted by molar-refractivity contribution is 5.74. The van der Waals surface area contributed by atoms with Crippen molar-refractivity contribution in [1.82, 2.24) is 9.97 Å². The molecule has 2 rings (SSSR count). The van der Waals surface area contributed by atoms with Gasteiger partial charge in [0, 0.05) is 12.1 Å². The first-order chi connectivity index (χ1) is 9.67. The lowest BCUT2D eigenvalue weighted by Crippen LogP contribution is -2.06. The quantitative estimate of drug-likeness (QED) is 0.908. The molecule has 1 aromatic heterocycles. The topological polar surface area (TPSA) is 47.0 Å². The Morgan fingerprint density at radius 1 is 1.30 bits per heavy atom. The second-order valence-electron chi connectivity index (χ2n) is 4.49. The number of anilines is 1. The van der Waals surface area contributed by atoms with Crippen LogP contribution in [0.25, 0.3) is 11.3 Å². The molecule has 0 atom stereocenters. The van der Waals surface area contributed by atoms with Gasteiger partial charge in [-0.05, 0) is 31.0 Å². The number of hydrogen-bond acceptors (Lipinski definition) is 4. The molecule has 0 bridgehead atoms. The molecule has 0 saturated heterocycles. The summed E-state index contributed by atoms with van der Waals surface area (Å²) in [6.07, 6.45) is 2.43. The summed E-state index contributed by atoms with van der Waals surface area (Å²) in [6, 6.07) is 4.62. The molecule has 2 aromatic rings. The van der Waals surface area contributed by atoms with Gasteiger partial charge in [-0.2, -0.15) is 0 Å². The SMILES string of the molecule is CCCNc1ncnc(-c2cc(F)ccc2C)c1OC. The number of halogens is 1. The zero-order valence-corrected chi connectivity index (χ0v) is 11.9. The van der Waals surface area contributed by atoms with Gasteiger partial charge >= 0.3 is 0 Å². The number of aromatic nitrogens is 2. The summed E-state index contributed by atoms with van der Waals surface area (Å²) < 4.78 is 18.9. The van der Waals surface area contributed by atoms with E-state index in [0.29, 0.717) is 22.8 Å². The van der Waals surface area contributed by atoms with Gasteiger partial charge in [-0.1, -0.05) is 13.0 Å². The normalized spacial score (nSPS) is 10.4. The monoisotopic (exact) mass is 275 g/mol. The maximum Gasteiger partial charge on any atom is 0.187 e. The molecule has 0 amide bonds. The van der Waals surface area contributed by atoms with Crippen molar-refractivity contribution in [2.24, 2.45) is 0 Å². The molecular formula is C15H18FN3O. The van der Waals surface area contributed by atoms with Crippen molar-refractivity contribution in [3.05, 3.63) is 35.9 Å². The Bertz CT molecular complexity index is 602. The van der Waals surface area contributed by atoms with Crippen molar-refractivity contribution in [1.29, 1.82) is 0 Å². The number of aryl methyl sites for hydroxylation is 1. The molecule has 0 spiro atoms. The fraction of sp³-hybridized carbons (Fsp3) is 0.333. The van der Waals surface area contributed by atoms with Gasteiger partial charge in [-0.3, -0.25) is 0 Å². The minimum Gasteiger partial charge on any atom is -0.491 e. The smallest absolute Gasteiger partial charge is 0.187 e. The van der Waals surface area contributed by atoms with Crippen LogP contribution in [0.5, 0.6) is 5.75 Å². The van der Waals surface area contributed by atoms with Crippen molar-refractivity contribution in [3.8, 4) is 17.0 Å². The van der Waals surface area contributed by atoms with Gasteiger partial charge in [0.25, 0.3) is 0 Å². The van der Waals surface area contributed by atoms with Crippen molar-refractivity contribution in [2.45, 2.75) is 20.3 Å². The number of hydrogen-bond donors (Lipinski definition) is 1. The van der Waals surface area contributed by atoms with Crippen molar-refractivity contribution >= 4 is 5.82 Å². The Morgan fingerprint density at radius 2 is 2.10 bits per heavy atom. The number of nitrogens with zero attached hydrogens (tertiary/aromatic N) is 2. The van der Waals surface area contributed by atoms with Crippen LogP contribution < -0.4 is 10.1 Å². The molecule has 0 aliphatic heterocycles. The Balaban J connectivity index is 2.53. The average Bonchev–Trinajstić information content (AvgIpc) is 2.47. The fourth-order valence-electron chi connectivity index (χ4n) is 1.98. The van der Waals surface area contributed by atoms with Crippen LogP contribution in [0.3, 0.4) is 0 Å². The molecule has 0 aliphatic carbocycles. The van der Waals surface area contributed by atoms with E-state index in [4.69, 9.17) is 4.74 Å². The van der Waals surface area contributed by atoms with Crippen LogP contribution in [0.1, 0.15) is 18.9 Å². The summed E-state index contributed by atoms with van der Waals surface area (Å²) in [5.74, 6) is 0.868. The maximum atomic E-state index is 13.5. The van der Waals surface area contributed by atoms with Gasteiger partial charge < -0.3 is 10.1 Å². The molecule has 20 heavy (non-hydrogen) atoms. The molecule has 106 valence electrons. The first-order valence-corrected chi connectivity index (χ1v) is 6.56. The van der Waals surface area contributed by atoms with Crippen LogP contribution in [0.4, 0.5) is 10.2 Å². The van der Waals surface area contributed by atoms with Crippen LogP contribution >= 0.6 is 0 Å². The third-order valence-corrected chi connectivity index (χ3v) is 3.01. The molecule has 0 unspecified atom stereocenters. The molecule has 0 radical (unpaired) electrons. The van der Waals surface area contributed by atoms with E-state index in [-0.39, 0.29) is 5.82 Å². The Hall–Kier alpha value is -2.17. The summed E-state index contributed by atoms with van der Waals surface area (Å²) >= 11 is 0. The van der Waals surface area contributed by atoms with Crippen molar-refractivity contribution in [3.63, 3.8) is 0 Å². The largest absolute Gasteiger partial charge is 0.491 e. The van der Waals surface area contributed by atoms with E-state index in [1.54, 1.807) is 13.2 Å². The van der Waals surface area contributed by atoms with Crippen molar-refractivity contribution < 1.29 is 9.13 Å². The van der Waals surface area contributed by atoms with E-state index in [9.17, 15) is 4.39 Å². The summed E-state index contributed by atoms with van der Waals surface area (Å²) in [6.45, 7) is 4.77. The summed E-state index contributed by atoms with van der Waals surface area (Å²) in [5, 5.41) is 3.19. The predicted octanol–water partition coefficient (Wildman–Crippen LogP) is 3.42. The number of rotatable bonds is 5. The zero-order valence-electron chi connectivity index (χ0n) is 11.9. The Morgan fingerprint density at radius 3 is 2.80 bits per heavy atom. The van der Waals surface area contributed by atoms with Gasteiger partial charge in [0.2, 0.25) is 0 Å². The molecule has 0 aliphatic rings. The Kier molecular flexibility index (Phi) is 4.50. The lowest BCUT2D eigenvalue weighted by atomic mass is 10.0. The maximum absolute atomic E-state index is 13.5. The molecule has 4 nitrogen and oxygen atoms in total. The van der Waals surface area contributed by atoms with E-state index >= 15 is 0 Å². The standard InChI is InChI=1S/C15H18FN3O/c1-4-7-17-15-14(20-3)13(18-9-19-15)12-8-11(16)6-5-10(12)2/h5-6,8-9H,4,7H2,1-3H3,(H,17,18,19). The summed E-state index contributed by atoms with van der Waals surface area (Å²) in [4.78, 5) is 8.43. The summed E-state index contributed by atoms with van der Waals surface area (Å²) in [7, 11) is 1.56. The first kappa shape index (κ1) is 14.2. The Labute approximate surface area is 118 Å². The summed E-state index contributed by atoms with van der Waals surface area (Å²) in [5.41, 5.74) is 2.24. The van der Waals surface area contributed by atoms with E-state index in [0.717, 1.165) is 18.5 Å². The predicted molar refractivity (Wildman–Crippen MR) is 77.5 cm³/mol. The van der Waals surface area contributed by atoms with Gasteiger partial charge in [-0.15, -0.1) is 0 Å². The molecule has 1 N–H and O–H groups in total. The second kappa shape index (κ2) is 6.32. The molecule has 1 heterocycles. The van der Waals surface area contributed by atoms with Crippen molar-refractivity contribution in [2.75, 3.05) is 19.0 Å². The van der Waals surface area contributed by atoms with Crippen LogP contribution in [0, 0.1) is 12.7 Å². The van der Waals surface area contributed by atoms with Gasteiger partial charge in [0.15, 0.2) is 11.6 Å². The second-order valence-corrected chi connectivity index (χ2v) is 4.49. The highest BCUT2D eigenvalue weighted by atomic mass is 19.1. The third kappa shape index (κ3) is 2.87. The number of methoxy groups -OCH3 is 1. The first-order valence-electron chi connectivity index (χ1n) is 6.56. The number of nitrogens with one attached hydrogen (secondary N) is 1. The van der Waals surface area contributed by atoms with E-state index < -0.39 is 0 Å². The van der Waals surface area contributed by atoms with Crippen LogP contribution in [-0.2, 0) is 0 Å². The molecule has 5 heteroatoms. The van der Waals surface area contributed by atoms with Gasteiger partial charge in [0.1, 0.15) is 17.8 Å². The van der Waals surface area contributed by atoms with E-state index in [1.165, 1.54) is 18.5 Å². The highest BCUT2D eigenvalue weighted by Gasteiger charge is 2.15. The molecule has 1 aromatic carbocycles. The van der Waals surface area contributed by atoms with E-state index in [1.807, 2.05) is 6.92 Å². The van der Waals surface area contributed by atoms with Gasteiger partial charge in [-0.25, -0.2) is 14.4 Å². The number of benzene rings is 1. The lowest BCUT2D eigenvalue weighted by Gasteiger charge is -2.14. The van der Waals surface area contributed by atoms with E-state index in [2.05, 4.69) is 22.2 Å². The molecular weight excluding hydrogens is 257 g/mol. The molecule has 0 saturated carbocycles. The minimum atomic E-state index is -0.297. The average molecular weight is 275 g/mol. The minimum absolute atomic E-state index is 0.297. The van der Waals surface area contributed by atoms with Crippen LogP contribution in [-0.4, -0.2) is 23.6 Å². The van der Waals surface area contributed by atoms with Crippen LogP contribution in [0.15, 0.2) is 24.5 Å². The van der Waals surface area contributed by atoms with Crippen LogP contribution in [0.2, 0.25) is 0 Å². The molecule has 0 fully saturated rings. The number of ether oxygens (including phenoxy) is 1. The highest BCUT2D eigenvalue weighted by Crippen LogP contribution is 2.34.